The van der Waals surface area contributed by atoms with Gasteiger partial charge in [-0.1, -0.05) is 5.16 Å². The summed E-state index contributed by atoms with van der Waals surface area (Å²) in [6.07, 6.45) is -1.50. The number of hydrogen-bond donors (Lipinski definition) is 4. The van der Waals surface area contributed by atoms with Gasteiger partial charge in [-0.25, -0.2) is 14.6 Å². The maximum Gasteiger partial charge on any atom is 0.413 e. The van der Waals surface area contributed by atoms with Gasteiger partial charge in [0.2, 0.25) is 11.4 Å². The Balaban J connectivity index is 2.95. The summed E-state index contributed by atoms with van der Waals surface area (Å²) < 4.78 is 15.9. The average Bonchev–Trinajstić information content (AvgIpc) is 3.13. The molecular weight excluding hydrogens is 482 g/mol. The molecule has 13 nitrogen and oxygen atoms in total. The van der Waals surface area contributed by atoms with Crippen LogP contribution < -0.4 is 16.0 Å². The van der Waals surface area contributed by atoms with Gasteiger partial charge < -0.3 is 29.5 Å². The summed E-state index contributed by atoms with van der Waals surface area (Å²) in [5.41, 5.74) is -2.41. The first-order valence-corrected chi connectivity index (χ1v) is 11.6. The Morgan fingerprint density at radius 3 is 2.31 bits per heavy atom. The molecule has 0 aliphatic carbocycles. The van der Waals surface area contributed by atoms with Crippen LogP contribution in [0.2, 0.25) is 0 Å². The topological polar surface area (TPSA) is 170 Å². The molecule has 0 aromatic carbocycles. The fourth-order valence-corrected chi connectivity index (χ4v) is 2.74. The summed E-state index contributed by atoms with van der Waals surface area (Å²) in [5, 5.41) is 22.3. The zero-order valence-corrected chi connectivity index (χ0v) is 22.3. The van der Waals surface area contributed by atoms with Gasteiger partial charge in [-0.3, -0.25) is 15.4 Å². The van der Waals surface area contributed by atoms with Gasteiger partial charge >= 0.3 is 12.1 Å². The van der Waals surface area contributed by atoms with Gasteiger partial charge in [-0.15, -0.1) is 11.3 Å². The lowest BCUT2D eigenvalue weighted by molar-refractivity contribution is -0.234. The molecule has 1 rings (SSSR count). The highest BCUT2D eigenvalue weighted by atomic mass is 32.1. The van der Waals surface area contributed by atoms with E-state index in [-0.39, 0.29) is 23.3 Å². The molecule has 198 valence electrons. The highest BCUT2D eigenvalue weighted by Crippen LogP contribution is 2.21. The second-order valence-corrected chi connectivity index (χ2v) is 10.1. The van der Waals surface area contributed by atoms with Crippen molar-refractivity contribution in [3.63, 3.8) is 0 Å². The maximum atomic E-state index is 12.7. The molecular formula is C21H35N5O8S. The zero-order valence-electron chi connectivity index (χ0n) is 21.5. The van der Waals surface area contributed by atoms with E-state index in [1.165, 1.54) is 47.0 Å². The van der Waals surface area contributed by atoms with Crippen molar-refractivity contribution in [3.8, 4) is 0 Å². The zero-order chi connectivity index (χ0) is 27.0. The lowest BCUT2D eigenvalue weighted by Crippen LogP contribution is -2.44. The number of hydrogen-bond acceptors (Lipinski definition) is 12. The number of aliphatic hydroxyl groups excluding tert-OH is 1. The molecule has 0 radical (unpaired) electrons. The van der Waals surface area contributed by atoms with Gasteiger partial charge in [0.25, 0.3) is 5.91 Å². The minimum Gasteiger partial charge on any atom is -0.444 e. The quantitative estimate of drug-likeness (QED) is 0.147. The molecule has 1 aromatic heterocycles. The molecule has 0 aliphatic heterocycles. The van der Waals surface area contributed by atoms with E-state index in [1.54, 1.807) is 20.8 Å². The van der Waals surface area contributed by atoms with Crippen LogP contribution in [-0.2, 0) is 28.6 Å². The molecule has 2 amide bonds. The van der Waals surface area contributed by atoms with Crippen LogP contribution in [0.4, 0.5) is 9.93 Å². The summed E-state index contributed by atoms with van der Waals surface area (Å²) in [7, 11) is 1.39. The molecule has 0 aliphatic rings. The lowest BCUT2D eigenvalue weighted by Gasteiger charge is -2.29. The van der Waals surface area contributed by atoms with Crippen LogP contribution in [0.3, 0.4) is 0 Å². The Morgan fingerprint density at radius 1 is 1.14 bits per heavy atom. The lowest BCUT2D eigenvalue weighted by atomic mass is 10.1. The summed E-state index contributed by atoms with van der Waals surface area (Å²) in [6.45, 7) is 12.4. The number of nitrogens with zero attached hydrogens (tertiary/aromatic N) is 2. The number of oxime groups is 1. The molecule has 14 heteroatoms. The number of likely N-dealkylation sites (N-methyl/N-ethyl adjacent to an activating group) is 1. The van der Waals surface area contributed by atoms with E-state index in [2.05, 4.69) is 26.1 Å². The summed E-state index contributed by atoms with van der Waals surface area (Å²) in [5.74, 6) is -2.79. The fourth-order valence-electron chi connectivity index (χ4n) is 2.06. The summed E-state index contributed by atoms with van der Waals surface area (Å²) >= 11 is 1.05. The largest absolute Gasteiger partial charge is 0.444 e. The van der Waals surface area contributed by atoms with Gasteiger partial charge in [-0.05, 0) is 41.5 Å². The number of carbonyl (C=O) groups is 3. The van der Waals surface area contributed by atoms with E-state index in [4.69, 9.17) is 19.0 Å². The number of thiazole rings is 1. The van der Waals surface area contributed by atoms with Crippen LogP contribution >= 0.6 is 11.3 Å². The third kappa shape index (κ3) is 11.0. The van der Waals surface area contributed by atoms with Gasteiger partial charge in [-0.2, -0.15) is 0 Å². The average molecular weight is 518 g/mol. The number of aromatic nitrogens is 1. The van der Waals surface area contributed by atoms with Crippen molar-refractivity contribution in [2.24, 2.45) is 5.16 Å². The van der Waals surface area contributed by atoms with Gasteiger partial charge in [0.1, 0.15) is 24.3 Å². The number of nitrogens with one attached hydrogen (secondary N) is 3. The van der Waals surface area contributed by atoms with Crippen LogP contribution in [0.1, 0.15) is 61.1 Å². The van der Waals surface area contributed by atoms with E-state index in [9.17, 15) is 19.5 Å². The standard InChI is InChI=1S/C21H35N5O8S/c1-12(27)23-11-31-21(7,8)32-16(29)20(5,6)34-26-14(15(28)22-9)13-10-35-17(24-13)25-18(30)33-19(2,3)4/h10,12,23,27H,11H2,1-9H3,(H,22,28)(H,24,25,30)/b26-14-. The Bertz CT molecular complexity index is 921. The van der Waals surface area contributed by atoms with Crippen LogP contribution in [-0.4, -0.2) is 70.8 Å². The predicted octanol–water partition coefficient (Wildman–Crippen LogP) is 1.92. The van der Waals surface area contributed by atoms with E-state index < -0.39 is 41.2 Å². The van der Waals surface area contributed by atoms with Crippen molar-refractivity contribution >= 4 is 40.1 Å². The van der Waals surface area contributed by atoms with Crippen LogP contribution in [0.15, 0.2) is 10.5 Å². The Kier molecular flexibility index (Phi) is 10.6. The molecule has 1 aromatic rings. The van der Waals surface area contributed by atoms with Crippen molar-refractivity contribution in [3.05, 3.63) is 11.1 Å². The molecule has 1 atom stereocenters. The minimum absolute atomic E-state index is 0.0678. The first kappa shape index (κ1) is 30.2. The Morgan fingerprint density at radius 2 is 1.77 bits per heavy atom. The molecule has 1 heterocycles. The number of amides is 2. The molecule has 0 saturated carbocycles. The minimum atomic E-state index is -1.61. The number of carbonyl (C=O) groups excluding carboxylic acids is 3. The maximum absolute atomic E-state index is 12.7. The van der Waals surface area contributed by atoms with Crippen molar-refractivity contribution in [2.45, 2.75) is 78.6 Å². The van der Waals surface area contributed by atoms with Gasteiger partial charge in [0, 0.05) is 26.3 Å². The van der Waals surface area contributed by atoms with Crippen molar-refractivity contribution in [2.75, 3.05) is 19.1 Å². The van der Waals surface area contributed by atoms with E-state index in [0.29, 0.717) is 0 Å². The highest BCUT2D eigenvalue weighted by Gasteiger charge is 2.38. The SMILES string of the molecule is CNC(=O)/C(=N\OC(C)(C)C(=O)OC(C)(C)OCNC(C)O)c1csc(NC(=O)OC(C)(C)C)n1. The second-order valence-electron chi connectivity index (χ2n) is 9.24. The second kappa shape index (κ2) is 12.2. The molecule has 1 unspecified atom stereocenters. The Hall–Kier alpha value is -2.81. The van der Waals surface area contributed by atoms with E-state index in [1.807, 2.05) is 0 Å². The Labute approximate surface area is 208 Å². The molecule has 0 spiro atoms. The van der Waals surface area contributed by atoms with Gasteiger partial charge in [0.15, 0.2) is 10.8 Å². The van der Waals surface area contributed by atoms with E-state index >= 15 is 0 Å². The number of aliphatic hydroxyl groups is 1. The van der Waals surface area contributed by atoms with Gasteiger partial charge in [0.05, 0.1) is 0 Å². The molecule has 35 heavy (non-hydrogen) atoms. The van der Waals surface area contributed by atoms with Crippen molar-refractivity contribution in [1.29, 1.82) is 0 Å². The first-order chi connectivity index (χ1) is 16.0. The highest BCUT2D eigenvalue weighted by molar-refractivity contribution is 7.14. The predicted molar refractivity (Wildman–Crippen MR) is 129 cm³/mol. The smallest absolute Gasteiger partial charge is 0.413 e. The third-order valence-corrected chi connectivity index (χ3v) is 4.55. The summed E-state index contributed by atoms with van der Waals surface area (Å²) in [4.78, 5) is 46.6. The molecule has 4 N–H and O–H groups in total. The number of rotatable bonds is 11. The molecule has 0 bridgehead atoms. The van der Waals surface area contributed by atoms with Crippen LogP contribution in [0, 0.1) is 0 Å². The third-order valence-electron chi connectivity index (χ3n) is 3.79. The monoisotopic (exact) mass is 517 g/mol. The number of esters is 1. The van der Waals surface area contributed by atoms with Crippen LogP contribution in [0.25, 0.3) is 0 Å². The normalized spacial score (nSPS) is 13.6. The van der Waals surface area contributed by atoms with Crippen LogP contribution in [0.5, 0.6) is 0 Å². The number of ether oxygens (including phenoxy) is 3. The summed E-state index contributed by atoms with van der Waals surface area (Å²) in [6, 6.07) is 0. The number of anilines is 1. The molecule has 0 saturated heterocycles. The van der Waals surface area contributed by atoms with Crippen molar-refractivity contribution in [1.82, 2.24) is 15.6 Å². The van der Waals surface area contributed by atoms with Crippen molar-refractivity contribution < 1.29 is 38.5 Å². The fraction of sp³-hybridized carbons (Fsp3) is 0.667. The molecule has 0 fully saturated rings. The first-order valence-electron chi connectivity index (χ1n) is 10.7. The van der Waals surface area contributed by atoms with E-state index in [0.717, 1.165) is 11.3 Å².